The third-order valence-corrected chi connectivity index (χ3v) is 2.90. The maximum Gasteiger partial charge on any atom is 0.150 e. The van der Waals surface area contributed by atoms with Crippen LogP contribution >= 0.6 is 0 Å². The molecule has 0 saturated heterocycles. The molecule has 0 bridgehead atoms. The maximum atomic E-state index is 9.32. The number of nitrogens with one attached hydrogen (secondary N) is 1. The number of hydrogen-bond donors (Lipinski definition) is 2. The molecule has 104 valence electrons. The molecule has 1 atom stereocenters. The van der Waals surface area contributed by atoms with E-state index in [2.05, 4.69) is 43.1 Å². The Labute approximate surface area is 110 Å². The Morgan fingerprint density at radius 3 is 2.50 bits per heavy atom. The van der Waals surface area contributed by atoms with Gasteiger partial charge in [-0.2, -0.15) is 5.10 Å². The van der Waals surface area contributed by atoms with E-state index >= 15 is 0 Å². The van der Waals surface area contributed by atoms with Gasteiger partial charge in [-0.3, -0.25) is 0 Å². The molecule has 1 rings (SSSR count). The average Bonchev–Trinajstić information content (AvgIpc) is 2.76. The largest absolute Gasteiger partial charge is 0.395 e. The van der Waals surface area contributed by atoms with E-state index in [0.29, 0.717) is 6.04 Å². The zero-order valence-electron chi connectivity index (χ0n) is 12.0. The SMILES string of the molecule is CCc1nc(CC)n(CCC(CO)NC(C)C)n1. The van der Waals surface area contributed by atoms with Gasteiger partial charge in [-0.05, 0) is 6.42 Å². The maximum absolute atomic E-state index is 9.32. The molecule has 0 amide bonds. The van der Waals surface area contributed by atoms with Crippen molar-refractivity contribution in [3.05, 3.63) is 11.6 Å². The predicted octanol–water partition coefficient (Wildman–Crippen LogP) is 1.15. The first-order valence-corrected chi connectivity index (χ1v) is 6.90. The van der Waals surface area contributed by atoms with E-state index in [9.17, 15) is 5.11 Å². The smallest absolute Gasteiger partial charge is 0.150 e. The van der Waals surface area contributed by atoms with Crippen LogP contribution in [-0.4, -0.2) is 38.6 Å². The highest BCUT2D eigenvalue weighted by Gasteiger charge is 2.11. The Morgan fingerprint density at radius 1 is 1.28 bits per heavy atom. The van der Waals surface area contributed by atoms with E-state index in [0.717, 1.165) is 37.5 Å². The second-order valence-corrected chi connectivity index (χ2v) is 4.86. The van der Waals surface area contributed by atoms with Crippen molar-refractivity contribution in [1.29, 1.82) is 0 Å². The van der Waals surface area contributed by atoms with Crippen molar-refractivity contribution >= 4 is 0 Å². The lowest BCUT2D eigenvalue weighted by atomic mass is 10.2. The van der Waals surface area contributed by atoms with Crippen LogP contribution in [0.1, 0.15) is 45.8 Å². The Hall–Kier alpha value is -0.940. The minimum absolute atomic E-state index is 0.129. The van der Waals surface area contributed by atoms with Gasteiger partial charge < -0.3 is 10.4 Å². The summed E-state index contributed by atoms with van der Waals surface area (Å²) in [5.41, 5.74) is 0. The number of hydrogen-bond acceptors (Lipinski definition) is 4. The number of aromatic nitrogens is 3. The van der Waals surface area contributed by atoms with E-state index in [-0.39, 0.29) is 12.6 Å². The van der Waals surface area contributed by atoms with Crippen LogP contribution in [0.2, 0.25) is 0 Å². The van der Waals surface area contributed by atoms with Gasteiger partial charge in [0.15, 0.2) is 5.82 Å². The number of aliphatic hydroxyl groups excluding tert-OH is 1. The molecule has 1 unspecified atom stereocenters. The monoisotopic (exact) mass is 254 g/mol. The van der Waals surface area contributed by atoms with E-state index in [1.54, 1.807) is 0 Å². The molecular formula is C13H26N4O. The highest BCUT2D eigenvalue weighted by molar-refractivity contribution is 4.92. The summed E-state index contributed by atoms with van der Waals surface area (Å²) >= 11 is 0. The second kappa shape index (κ2) is 7.48. The van der Waals surface area contributed by atoms with Crippen molar-refractivity contribution in [2.45, 2.75) is 65.6 Å². The van der Waals surface area contributed by atoms with Gasteiger partial charge in [-0.1, -0.05) is 27.7 Å². The number of rotatable bonds is 8. The normalized spacial score (nSPS) is 13.2. The van der Waals surface area contributed by atoms with Gasteiger partial charge in [0.2, 0.25) is 0 Å². The van der Waals surface area contributed by atoms with Crippen LogP contribution in [0.25, 0.3) is 0 Å². The van der Waals surface area contributed by atoms with Crippen LogP contribution in [0.5, 0.6) is 0 Å². The van der Waals surface area contributed by atoms with E-state index in [1.807, 2.05) is 4.68 Å². The molecule has 1 aromatic heterocycles. The fourth-order valence-corrected chi connectivity index (χ4v) is 1.99. The lowest BCUT2D eigenvalue weighted by molar-refractivity contribution is 0.222. The lowest BCUT2D eigenvalue weighted by Gasteiger charge is -2.19. The third-order valence-electron chi connectivity index (χ3n) is 2.90. The van der Waals surface area contributed by atoms with Crippen molar-refractivity contribution in [2.24, 2.45) is 0 Å². The molecule has 0 aliphatic carbocycles. The molecule has 0 aliphatic heterocycles. The summed E-state index contributed by atoms with van der Waals surface area (Å²) in [7, 11) is 0. The molecule has 1 heterocycles. The number of aryl methyl sites for hydroxylation is 3. The summed E-state index contributed by atoms with van der Waals surface area (Å²) in [5.74, 6) is 1.94. The molecule has 18 heavy (non-hydrogen) atoms. The standard InChI is InChI=1S/C13H26N4O/c1-5-12-15-13(6-2)17(16-12)8-7-11(9-18)14-10(3)4/h10-11,14,18H,5-9H2,1-4H3. The Balaban J connectivity index is 2.58. The van der Waals surface area contributed by atoms with Gasteiger partial charge in [0.25, 0.3) is 0 Å². The minimum Gasteiger partial charge on any atom is -0.395 e. The molecular weight excluding hydrogens is 228 g/mol. The van der Waals surface area contributed by atoms with Crippen LogP contribution < -0.4 is 5.32 Å². The Morgan fingerprint density at radius 2 is 2.00 bits per heavy atom. The molecule has 0 spiro atoms. The molecule has 2 N–H and O–H groups in total. The van der Waals surface area contributed by atoms with Crippen molar-refractivity contribution in [3.63, 3.8) is 0 Å². The molecule has 5 nitrogen and oxygen atoms in total. The minimum atomic E-state index is 0.129. The van der Waals surface area contributed by atoms with Crippen LogP contribution in [0.15, 0.2) is 0 Å². The fourth-order valence-electron chi connectivity index (χ4n) is 1.99. The van der Waals surface area contributed by atoms with Gasteiger partial charge in [0.05, 0.1) is 6.61 Å². The van der Waals surface area contributed by atoms with Crippen molar-refractivity contribution in [1.82, 2.24) is 20.1 Å². The van der Waals surface area contributed by atoms with Gasteiger partial charge in [0.1, 0.15) is 5.82 Å². The molecule has 0 saturated carbocycles. The Kier molecular flexibility index (Phi) is 6.29. The quantitative estimate of drug-likeness (QED) is 0.730. The highest BCUT2D eigenvalue weighted by Crippen LogP contribution is 2.04. The summed E-state index contributed by atoms with van der Waals surface area (Å²) in [6.07, 6.45) is 2.64. The number of nitrogens with zero attached hydrogens (tertiary/aromatic N) is 3. The fraction of sp³-hybridized carbons (Fsp3) is 0.846. The first-order valence-electron chi connectivity index (χ1n) is 6.90. The van der Waals surface area contributed by atoms with Crippen molar-refractivity contribution in [2.75, 3.05) is 6.61 Å². The topological polar surface area (TPSA) is 63.0 Å². The Bertz CT molecular complexity index is 349. The molecule has 0 radical (unpaired) electrons. The zero-order chi connectivity index (χ0) is 13.5. The van der Waals surface area contributed by atoms with Gasteiger partial charge in [-0.15, -0.1) is 0 Å². The van der Waals surface area contributed by atoms with Crippen LogP contribution in [0, 0.1) is 0 Å². The van der Waals surface area contributed by atoms with Crippen LogP contribution in [-0.2, 0) is 19.4 Å². The molecule has 0 fully saturated rings. The van der Waals surface area contributed by atoms with Gasteiger partial charge >= 0.3 is 0 Å². The van der Waals surface area contributed by atoms with Crippen molar-refractivity contribution < 1.29 is 5.11 Å². The lowest BCUT2D eigenvalue weighted by Crippen LogP contribution is -2.38. The van der Waals surface area contributed by atoms with Gasteiger partial charge in [-0.25, -0.2) is 9.67 Å². The first kappa shape index (κ1) is 15.1. The number of aliphatic hydroxyl groups is 1. The summed E-state index contributed by atoms with van der Waals surface area (Å²) < 4.78 is 1.98. The van der Waals surface area contributed by atoms with Crippen LogP contribution in [0.3, 0.4) is 0 Å². The van der Waals surface area contributed by atoms with Crippen LogP contribution in [0.4, 0.5) is 0 Å². The van der Waals surface area contributed by atoms with E-state index < -0.39 is 0 Å². The molecule has 0 aromatic carbocycles. The summed E-state index contributed by atoms with van der Waals surface area (Å²) in [6, 6.07) is 0.513. The zero-order valence-corrected chi connectivity index (χ0v) is 12.0. The third kappa shape index (κ3) is 4.38. The highest BCUT2D eigenvalue weighted by atomic mass is 16.3. The van der Waals surface area contributed by atoms with Gasteiger partial charge in [0, 0.05) is 31.5 Å². The molecule has 5 heteroatoms. The predicted molar refractivity (Wildman–Crippen MR) is 72.5 cm³/mol. The summed E-state index contributed by atoms with van der Waals surface area (Å²) in [5, 5.41) is 17.2. The second-order valence-electron chi connectivity index (χ2n) is 4.86. The summed E-state index contributed by atoms with van der Waals surface area (Å²) in [6.45, 7) is 9.30. The van der Waals surface area contributed by atoms with E-state index in [1.165, 1.54) is 0 Å². The summed E-state index contributed by atoms with van der Waals surface area (Å²) in [4.78, 5) is 4.48. The first-order chi connectivity index (χ1) is 8.60. The van der Waals surface area contributed by atoms with Crippen molar-refractivity contribution in [3.8, 4) is 0 Å². The molecule has 0 aliphatic rings. The van der Waals surface area contributed by atoms with E-state index in [4.69, 9.17) is 0 Å². The molecule has 1 aromatic rings. The average molecular weight is 254 g/mol.